The van der Waals surface area contributed by atoms with Crippen LogP contribution >= 0.6 is 27.5 Å². The lowest BCUT2D eigenvalue weighted by molar-refractivity contribution is 0.844. The molecule has 0 saturated heterocycles. The van der Waals surface area contributed by atoms with E-state index in [0.29, 0.717) is 0 Å². The molecular formula is C15H12BrClN2. The first-order valence-electron chi connectivity index (χ1n) is 5.99. The third-order valence-corrected chi connectivity index (χ3v) is 3.96. The molecule has 2 nitrogen and oxygen atoms in total. The Labute approximate surface area is 125 Å². The van der Waals surface area contributed by atoms with E-state index in [4.69, 9.17) is 16.6 Å². The average Bonchev–Trinajstić information content (AvgIpc) is 2.68. The molecule has 3 aromatic rings. The lowest BCUT2D eigenvalue weighted by Gasteiger charge is -2.03. The van der Waals surface area contributed by atoms with Crippen LogP contribution in [-0.2, 0) is 13.5 Å². The number of aryl methyl sites for hydroxylation is 1. The molecule has 0 unspecified atom stereocenters. The van der Waals surface area contributed by atoms with Crippen molar-refractivity contribution < 1.29 is 0 Å². The summed E-state index contributed by atoms with van der Waals surface area (Å²) in [6.07, 6.45) is 0.806. The zero-order valence-electron chi connectivity index (χ0n) is 10.4. The molecule has 2 aromatic carbocycles. The zero-order valence-corrected chi connectivity index (χ0v) is 12.7. The van der Waals surface area contributed by atoms with Gasteiger partial charge < -0.3 is 4.57 Å². The van der Waals surface area contributed by atoms with Gasteiger partial charge in [0, 0.05) is 23.0 Å². The molecule has 4 heteroatoms. The van der Waals surface area contributed by atoms with Crippen molar-refractivity contribution in [1.29, 1.82) is 0 Å². The first kappa shape index (κ1) is 12.7. The van der Waals surface area contributed by atoms with Crippen molar-refractivity contribution in [3.8, 4) is 0 Å². The normalized spacial score (nSPS) is 11.1. The van der Waals surface area contributed by atoms with Crippen molar-refractivity contribution in [3.63, 3.8) is 0 Å². The smallest absolute Gasteiger partial charge is 0.114 e. The third kappa shape index (κ3) is 2.53. The van der Waals surface area contributed by atoms with E-state index in [2.05, 4.69) is 33.6 Å². The second-order valence-corrected chi connectivity index (χ2v) is 5.88. The van der Waals surface area contributed by atoms with E-state index in [1.807, 2.05) is 36.4 Å². The second kappa shape index (κ2) is 4.99. The van der Waals surface area contributed by atoms with Crippen molar-refractivity contribution in [1.82, 2.24) is 9.55 Å². The highest BCUT2D eigenvalue weighted by Gasteiger charge is 2.08. The summed E-state index contributed by atoms with van der Waals surface area (Å²) in [5, 5.41) is 0.762. The van der Waals surface area contributed by atoms with Crippen LogP contribution in [0.4, 0.5) is 0 Å². The van der Waals surface area contributed by atoms with Gasteiger partial charge in [-0.3, -0.25) is 0 Å². The van der Waals surface area contributed by atoms with Gasteiger partial charge in [-0.1, -0.05) is 39.7 Å². The maximum atomic E-state index is 5.90. The van der Waals surface area contributed by atoms with Crippen LogP contribution in [0.25, 0.3) is 11.0 Å². The first-order chi connectivity index (χ1) is 9.13. The van der Waals surface area contributed by atoms with Gasteiger partial charge in [0.15, 0.2) is 0 Å². The molecule has 0 fully saturated rings. The quantitative estimate of drug-likeness (QED) is 0.670. The van der Waals surface area contributed by atoms with Gasteiger partial charge in [-0.25, -0.2) is 4.98 Å². The summed E-state index contributed by atoms with van der Waals surface area (Å²) in [6.45, 7) is 0. The minimum absolute atomic E-state index is 0.762. The van der Waals surface area contributed by atoms with E-state index in [1.165, 1.54) is 5.56 Å². The Morgan fingerprint density at radius 1 is 1.16 bits per heavy atom. The van der Waals surface area contributed by atoms with E-state index < -0.39 is 0 Å². The molecule has 0 bridgehead atoms. The summed E-state index contributed by atoms with van der Waals surface area (Å²) in [6, 6.07) is 14.1. The summed E-state index contributed by atoms with van der Waals surface area (Å²) in [4.78, 5) is 4.69. The molecule has 0 N–H and O–H groups in total. The van der Waals surface area contributed by atoms with E-state index in [1.54, 1.807) is 0 Å². The Bertz CT molecular complexity index is 732. The van der Waals surface area contributed by atoms with Crippen LogP contribution < -0.4 is 0 Å². The largest absolute Gasteiger partial charge is 0.331 e. The van der Waals surface area contributed by atoms with Crippen LogP contribution in [-0.4, -0.2) is 9.55 Å². The zero-order chi connectivity index (χ0) is 13.4. The molecule has 19 heavy (non-hydrogen) atoms. The molecule has 0 saturated carbocycles. The molecule has 1 aromatic heterocycles. The fourth-order valence-corrected chi connectivity index (χ4v) is 2.64. The molecule has 3 rings (SSSR count). The molecule has 0 atom stereocenters. The number of rotatable bonds is 2. The van der Waals surface area contributed by atoms with E-state index in [-0.39, 0.29) is 0 Å². The number of aromatic nitrogens is 2. The van der Waals surface area contributed by atoms with Gasteiger partial charge >= 0.3 is 0 Å². The lowest BCUT2D eigenvalue weighted by Crippen LogP contribution is -1.98. The van der Waals surface area contributed by atoms with Crippen LogP contribution in [0.3, 0.4) is 0 Å². The SMILES string of the molecule is Cn1c(Cc2ccc(Cl)cc2)nc2cc(Br)ccc21. The van der Waals surface area contributed by atoms with Crippen LogP contribution in [0.15, 0.2) is 46.9 Å². The Morgan fingerprint density at radius 3 is 2.63 bits per heavy atom. The number of halogens is 2. The second-order valence-electron chi connectivity index (χ2n) is 4.52. The molecule has 0 aliphatic carbocycles. The van der Waals surface area contributed by atoms with Gasteiger partial charge in [-0.15, -0.1) is 0 Å². The minimum atomic E-state index is 0.762. The number of benzene rings is 2. The van der Waals surface area contributed by atoms with Crippen LogP contribution in [0.2, 0.25) is 5.02 Å². The number of hydrogen-bond donors (Lipinski definition) is 0. The van der Waals surface area contributed by atoms with Crippen molar-refractivity contribution in [3.05, 3.63) is 63.3 Å². The molecule has 0 aliphatic rings. The summed E-state index contributed by atoms with van der Waals surface area (Å²) < 4.78 is 3.19. The van der Waals surface area contributed by atoms with Crippen molar-refractivity contribution in [2.45, 2.75) is 6.42 Å². The number of nitrogens with zero attached hydrogens (tertiary/aromatic N) is 2. The predicted molar refractivity (Wildman–Crippen MR) is 82.7 cm³/mol. The fraction of sp³-hybridized carbons (Fsp3) is 0.133. The Morgan fingerprint density at radius 2 is 1.89 bits per heavy atom. The van der Waals surface area contributed by atoms with Gasteiger partial charge in [-0.2, -0.15) is 0 Å². The summed E-state index contributed by atoms with van der Waals surface area (Å²) in [7, 11) is 2.05. The predicted octanol–water partition coefficient (Wildman–Crippen LogP) is 4.58. The summed E-state index contributed by atoms with van der Waals surface area (Å²) >= 11 is 9.38. The van der Waals surface area contributed by atoms with Crippen molar-refractivity contribution in [2.75, 3.05) is 0 Å². The van der Waals surface area contributed by atoms with Crippen molar-refractivity contribution >= 4 is 38.6 Å². The standard InChI is InChI=1S/C15H12BrClN2/c1-19-14-7-4-11(16)9-13(14)18-15(19)8-10-2-5-12(17)6-3-10/h2-7,9H,8H2,1H3. The molecule has 1 heterocycles. The third-order valence-electron chi connectivity index (χ3n) is 3.21. The molecule has 96 valence electrons. The van der Waals surface area contributed by atoms with Gasteiger partial charge in [-0.05, 0) is 35.9 Å². The van der Waals surface area contributed by atoms with Gasteiger partial charge in [0.25, 0.3) is 0 Å². The summed E-state index contributed by atoms with van der Waals surface area (Å²) in [5.41, 5.74) is 3.37. The van der Waals surface area contributed by atoms with Crippen LogP contribution in [0, 0.1) is 0 Å². The van der Waals surface area contributed by atoms with E-state index >= 15 is 0 Å². The van der Waals surface area contributed by atoms with Crippen LogP contribution in [0.5, 0.6) is 0 Å². The van der Waals surface area contributed by atoms with E-state index in [0.717, 1.165) is 32.8 Å². The lowest BCUT2D eigenvalue weighted by atomic mass is 10.1. The molecule has 0 radical (unpaired) electrons. The Hall–Kier alpha value is -1.32. The van der Waals surface area contributed by atoms with Crippen molar-refractivity contribution in [2.24, 2.45) is 7.05 Å². The fourth-order valence-electron chi connectivity index (χ4n) is 2.17. The summed E-state index contributed by atoms with van der Waals surface area (Å²) in [5.74, 6) is 1.05. The van der Waals surface area contributed by atoms with Gasteiger partial charge in [0.1, 0.15) is 5.82 Å². The molecular weight excluding hydrogens is 324 g/mol. The monoisotopic (exact) mass is 334 g/mol. The highest BCUT2D eigenvalue weighted by Crippen LogP contribution is 2.21. The maximum Gasteiger partial charge on any atom is 0.114 e. The van der Waals surface area contributed by atoms with E-state index in [9.17, 15) is 0 Å². The first-order valence-corrected chi connectivity index (χ1v) is 7.16. The van der Waals surface area contributed by atoms with Gasteiger partial charge in [0.05, 0.1) is 11.0 Å². The number of imidazole rings is 1. The number of hydrogen-bond acceptors (Lipinski definition) is 1. The molecule has 0 amide bonds. The maximum absolute atomic E-state index is 5.90. The topological polar surface area (TPSA) is 17.8 Å². The molecule has 0 spiro atoms. The van der Waals surface area contributed by atoms with Crippen LogP contribution in [0.1, 0.15) is 11.4 Å². The minimum Gasteiger partial charge on any atom is -0.331 e. The average molecular weight is 336 g/mol. The Balaban J connectivity index is 2.01. The number of fused-ring (bicyclic) bond motifs is 1. The van der Waals surface area contributed by atoms with Gasteiger partial charge in [0.2, 0.25) is 0 Å². The highest BCUT2D eigenvalue weighted by atomic mass is 79.9. The Kier molecular flexibility index (Phi) is 3.33. The highest BCUT2D eigenvalue weighted by molar-refractivity contribution is 9.10. The molecule has 0 aliphatic heterocycles.